The van der Waals surface area contributed by atoms with Gasteiger partial charge < -0.3 is 14.6 Å². The van der Waals surface area contributed by atoms with Crippen LogP contribution in [-0.4, -0.2) is 29.4 Å². The van der Waals surface area contributed by atoms with Crippen LogP contribution in [0.2, 0.25) is 0 Å². The third-order valence-electron chi connectivity index (χ3n) is 4.71. The maximum Gasteiger partial charge on any atom is 0.226 e. The third-order valence-corrected chi connectivity index (χ3v) is 4.71. The highest BCUT2D eigenvalue weighted by Gasteiger charge is 2.14. The van der Waals surface area contributed by atoms with Crippen LogP contribution in [0.15, 0.2) is 59.0 Å². The molecule has 5 heteroatoms. The maximum absolute atomic E-state index is 12.4. The van der Waals surface area contributed by atoms with Gasteiger partial charge in [-0.25, -0.2) is 4.98 Å². The molecule has 0 unspecified atom stereocenters. The molecule has 2 aromatic carbocycles. The van der Waals surface area contributed by atoms with Crippen molar-refractivity contribution in [2.45, 2.75) is 33.4 Å². The number of oxazole rings is 1. The largest absolute Gasteiger partial charge is 0.441 e. The number of aromatic nitrogens is 1. The monoisotopic (exact) mass is 377 g/mol. The van der Waals surface area contributed by atoms with Gasteiger partial charge in [0.2, 0.25) is 11.8 Å². The molecule has 1 aromatic heterocycles. The Morgan fingerprint density at radius 3 is 2.61 bits per heavy atom. The zero-order valence-corrected chi connectivity index (χ0v) is 16.7. The first-order valence-corrected chi connectivity index (χ1v) is 9.60. The number of benzene rings is 2. The van der Waals surface area contributed by atoms with Crippen LogP contribution in [0.5, 0.6) is 0 Å². The quantitative estimate of drug-likeness (QED) is 0.645. The fraction of sp³-hybridized carbons (Fsp3) is 0.304. The molecule has 0 saturated carbocycles. The van der Waals surface area contributed by atoms with Crippen molar-refractivity contribution in [2.75, 3.05) is 13.6 Å². The van der Waals surface area contributed by atoms with Crippen LogP contribution in [0, 0.1) is 6.92 Å². The van der Waals surface area contributed by atoms with E-state index >= 15 is 0 Å². The van der Waals surface area contributed by atoms with Crippen molar-refractivity contribution >= 4 is 5.91 Å². The Labute approximate surface area is 166 Å². The molecule has 3 rings (SSSR count). The standard InChI is InChI=1S/C23H27N3O2/c1-4-26(3)16-19-10-8-9-18(13-19)15-24-22(27)14-21-17(2)28-23(25-21)20-11-6-5-7-12-20/h5-13H,4,14-16H2,1-3H3,(H,24,27). The van der Waals surface area contributed by atoms with E-state index in [0.29, 0.717) is 23.9 Å². The van der Waals surface area contributed by atoms with E-state index in [1.807, 2.05) is 49.4 Å². The van der Waals surface area contributed by atoms with Crippen LogP contribution in [0.25, 0.3) is 11.5 Å². The number of amides is 1. The minimum atomic E-state index is -0.0629. The van der Waals surface area contributed by atoms with Crippen LogP contribution in [0.3, 0.4) is 0 Å². The molecule has 0 atom stereocenters. The summed E-state index contributed by atoms with van der Waals surface area (Å²) in [5, 5.41) is 2.98. The molecule has 146 valence electrons. The molecule has 5 nitrogen and oxygen atoms in total. The number of carbonyl (C=O) groups is 1. The summed E-state index contributed by atoms with van der Waals surface area (Å²) in [6.45, 7) is 6.39. The van der Waals surface area contributed by atoms with Crippen molar-refractivity contribution in [3.63, 3.8) is 0 Å². The summed E-state index contributed by atoms with van der Waals surface area (Å²) in [6, 6.07) is 18.0. The van der Waals surface area contributed by atoms with E-state index in [-0.39, 0.29) is 12.3 Å². The minimum absolute atomic E-state index is 0.0629. The molecular formula is C23H27N3O2. The predicted octanol–water partition coefficient (Wildman–Crippen LogP) is 3.96. The van der Waals surface area contributed by atoms with E-state index in [1.165, 1.54) is 5.56 Å². The Kier molecular flexibility index (Phi) is 6.61. The zero-order valence-electron chi connectivity index (χ0n) is 16.7. The van der Waals surface area contributed by atoms with E-state index in [1.54, 1.807) is 0 Å². The van der Waals surface area contributed by atoms with Gasteiger partial charge in [0.1, 0.15) is 5.76 Å². The summed E-state index contributed by atoms with van der Waals surface area (Å²) in [5.41, 5.74) is 3.92. The third kappa shape index (κ3) is 5.30. The molecular weight excluding hydrogens is 350 g/mol. The first kappa shape index (κ1) is 19.8. The van der Waals surface area contributed by atoms with Gasteiger partial charge >= 0.3 is 0 Å². The SMILES string of the molecule is CCN(C)Cc1cccc(CNC(=O)Cc2nc(-c3ccccc3)oc2C)c1. The Morgan fingerprint density at radius 2 is 1.86 bits per heavy atom. The Balaban J connectivity index is 1.58. The smallest absolute Gasteiger partial charge is 0.226 e. The lowest BCUT2D eigenvalue weighted by atomic mass is 10.1. The van der Waals surface area contributed by atoms with E-state index in [0.717, 1.165) is 24.2 Å². The van der Waals surface area contributed by atoms with Gasteiger partial charge in [0, 0.05) is 18.7 Å². The number of hydrogen-bond acceptors (Lipinski definition) is 4. The van der Waals surface area contributed by atoms with E-state index in [4.69, 9.17) is 4.42 Å². The fourth-order valence-corrected chi connectivity index (χ4v) is 2.97. The first-order valence-electron chi connectivity index (χ1n) is 9.60. The normalized spacial score (nSPS) is 11.0. The average Bonchev–Trinajstić information content (AvgIpc) is 3.07. The van der Waals surface area contributed by atoms with Crippen LogP contribution in [0.1, 0.15) is 29.5 Å². The fourth-order valence-electron chi connectivity index (χ4n) is 2.97. The van der Waals surface area contributed by atoms with Crippen LogP contribution >= 0.6 is 0 Å². The van der Waals surface area contributed by atoms with Gasteiger partial charge in [-0.05, 0) is 43.8 Å². The molecule has 0 spiro atoms. The van der Waals surface area contributed by atoms with Crippen molar-refractivity contribution in [3.05, 3.63) is 77.2 Å². The van der Waals surface area contributed by atoms with Crippen LogP contribution in [-0.2, 0) is 24.3 Å². The highest BCUT2D eigenvalue weighted by Crippen LogP contribution is 2.21. The van der Waals surface area contributed by atoms with Crippen molar-refractivity contribution < 1.29 is 9.21 Å². The molecule has 0 radical (unpaired) electrons. The summed E-state index contributed by atoms with van der Waals surface area (Å²) >= 11 is 0. The first-order chi connectivity index (χ1) is 13.5. The summed E-state index contributed by atoms with van der Waals surface area (Å²) in [5.74, 6) is 1.17. The van der Waals surface area contributed by atoms with Crippen molar-refractivity contribution in [1.29, 1.82) is 0 Å². The number of nitrogens with one attached hydrogen (secondary N) is 1. The second kappa shape index (κ2) is 9.33. The second-order valence-corrected chi connectivity index (χ2v) is 6.99. The lowest BCUT2D eigenvalue weighted by molar-refractivity contribution is -0.120. The minimum Gasteiger partial charge on any atom is -0.441 e. The molecule has 1 N–H and O–H groups in total. The summed E-state index contributed by atoms with van der Waals surface area (Å²) in [4.78, 5) is 19.1. The molecule has 0 fully saturated rings. The molecule has 0 bridgehead atoms. The van der Waals surface area contributed by atoms with E-state index in [9.17, 15) is 4.79 Å². The molecule has 0 aliphatic heterocycles. The zero-order chi connectivity index (χ0) is 19.9. The van der Waals surface area contributed by atoms with Crippen LogP contribution in [0.4, 0.5) is 0 Å². The van der Waals surface area contributed by atoms with Crippen molar-refractivity contribution in [1.82, 2.24) is 15.2 Å². The lowest BCUT2D eigenvalue weighted by Gasteiger charge is -2.14. The average molecular weight is 377 g/mol. The van der Waals surface area contributed by atoms with E-state index in [2.05, 4.69) is 41.3 Å². The van der Waals surface area contributed by atoms with Gasteiger partial charge in [0.15, 0.2) is 0 Å². The number of aryl methyl sites for hydroxylation is 1. The molecule has 0 saturated heterocycles. The summed E-state index contributed by atoms with van der Waals surface area (Å²) in [6.07, 6.45) is 0.209. The maximum atomic E-state index is 12.4. The number of rotatable bonds is 8. The highest BCUT2D eigenvalue weighted by atomic mass is 16.4. The van der Waals surface area contributed by atoms with Gasteiger partial charge in [0.25, 0.3) is 0 Å². The number of hydrogen-bond donors (Lipinski definition) is 1. The van der Waals surface area contributed by atoms with Gasteiger partial charge in [0.05, 0.1) is 12.1 Å². The molecule has 1 amide bonds. The lowest BCUT2D eigenvalue weighted by Crippen LogP contribution is -2.25. The second-order valence-electron chi connectivity index (χ2n) is 6.99. The molecule has 3 aromatic rings. The Bertz CT molecular complexity index is 919. The number of carbonyl (C=O) groups excluding carboxylic acids is 1. The highest BCUT2D eigenvalue weighted by molar-refractivity contribution is 5.78. The molecule has 1 heterocycles. The Morgan fingerprint density at radius 1 is 1.11 bits per heavy atom. The van der Waals surface area contributed by atoms with Crippen LogP contribution < -0.4 is 5.32 Å². The molecule has 0 aliphatic carbocycles. The topological polar surface area (TPSA) is 58.4 Å². The summed E-state index contributed by atoms with van der Waals surface area (Å²) in [7, 11) is 2.10. The van der Waals surface area contributed by atoms with Gasteiger partial charge in [-0.15, -0.1) is 0 Å². The van der Waals surface area contributed by atoms with Crippen molar-refractivity contribution in [2.24, 2.45) is 0 Å². The van der Waals surface area contributed by atoms with Gasteiger partial charge in [-0.3, -0.25) is 4.79 Å². The molecule has 28 heavy (non-hydrogen) atoms. The van der Waals surface area contributed by atoms with E-state index < -0.39 is 0 Å². The van der Waals surface area contributed by atoms with Gasteiger partial charge in [-0.1, -0.05) is 49.4 Å². The molecule has 0 aliphatic rings. The summed E-state index contributed by atoms with van der Waals surface area (Å²) < 4.78 is 5.73. The predicted molar refractivity (Wildman–Crippen MR) is 111 cm³/mol. The number of nitrogens with zero attached hydrogens (tertiary/aromatic N) is 2. The van der Waals surface area contributed by atoms with Crippen molar-refractivity contribution in [3.8, 4) is 11.5 Å². The Hall–Kier alpha value is -2.92. The van der Waals surface area contributed by atoms with Gasteiger partial charge in [-0.2, -0.15) is 0 Å².